The molecule has 9 nitrogen and oxygen atoms in total. The number of amides is 3. The van der Waals surface area contributed by atoms with Crippen molar-refractivity contribution in [2.24, 2.45) is 0 Å². The second kappa shape index (κ2) is 7.28. The molecule has 0 saturated carbocycles. The summed E-state index contributed by atoms with van der Waals surface area (Å²) in [7, 11) is 1.54. The van der Waals surface area contributed by atoms with Crippen molar-refractivity contribution in [1.29, 1.82) is 0 Å². The van der Waals surface area contributed by atoms with E-state index in [0.717, 1.165) is 10.8 Å². The molecule has 0 spiro atoms. The van der Waals surface area contributed by atoms with Gasteiger partial charge < -0.3 is 19.7 Å². The molecule has 0 radical (unpaired) electrons. The van der Waals surface area contributed by atoms with E-state index in [2.05, 4.69) is 32.4 Å². The van der Waals surface area contributed by atoms with Gasteiger partial charge in [0.15, 0.2) is 5.88 Å². The molecule has 1 atom stereocenters. The summed E-state index contributed by atoms with van der Waals surface area (Å²) in [6.45, 7) is -0.108. The number of hydrogen-bond acceptors (Lipinski definition) is 6. The Morgan fingerprint density at radius 3 is 2.78 bits per heavy atom. The van der Waals surface area contributed by atoms with Crippen molar-refractivity contribution in [1.82, 2.24) is 25.2 Å². The summed E-state index contributed by atoms with van der Waals surface area (Å²) in [6.07, 6.45) is 3.08. The summed E-state index contributed by atoms with van der Waals surface area (Å²) in [5.74, 6) is 5.72. The SMILES string of the molecule is COc1ccc2cn(C[C@@]3(C#Cc4ncnc5ccccc45)NC(=O)NC3=O)c(O)c2c1. The quantitative estimate of drug-likeness (QED) is 0.340. The van der Waals surface area contributed by atoms with Gasteiger partial charge in [-0.2, -0.15) is 0 Å². The third kappa shape index (κ3) is 3.15. The summed E-state index contributed by atoms with van der Waals surface area (Å²) in [6, 6.07) is 12.0. The number of nitrogens with zero attached hydrogens (tertiary/aromatic N) is 3. The number of methoxy groups -OCH3 is 1. The molecule has 2 aromatic heterocycles. The molecule has 1 aliphatic rings. The number of urea groups is 1. The van der Waals surface area contributed by atoms with Crippen molar-refractivity contribution in [2.75, 3.05) is 7.11 Å². The van der Waals surface area contributed by atoms with Crippen molar-refractivity contribution in [3.8, 4) is 23.5 Å². The zero-order valence-corrected chi connectivity index (χ0v) is 16.9. The maximum Gasteiger partial charge on any atom is 0.323 e. The van der Waals surface area contributed by atoms with Crippen LogP contribution in [-0.2, 0) is 11.3 Å². The lowest BCUT2D eigenvalue weighted by Gasteiger charge is -2.20. The van der Waals surface area contributed by atoms with E-state index in [1.807, 2.05) is 24.3 Å². The molecular weight excluding hydrogens is 410 g/mol. The predicted octanol–water partition coefficient (Wildman–Crippen LogP) is 1.93. The molecule has 3 N–H and O–H groups in total. The molecular formula is C23H17N5O4. The van der Waals surface area contributed by atoms with Gasteiger partial charge in [-0.05, 0) is 36.3 Å². The molecule has 1 fully saturated rings. The number of imide groups is 1. The van der Waals surface area contributed by atoms with Crippen molar-refractivity contribution >= 4 is 33.6 Å². The van der Waals surface area contributed by atoms with Crippen molar-refractivity contribution < 1.29 is 19.4 Å². The van der Waals surface area contributed by atoms with E-state index in [1.54, 1.807) is 24.4 Å². The maximum absolute atomic E-state index is 12.8. The number of carbonyl (C=O) groups is 2. The Labute approximate surface area is 182 Å². The fraction of sp³-hybridized carbons (Fsp3) is 0.130. The molecule has 1 aliphatic heterocycles. The average Bonchev–Trinajstić information content (AvgIpc) is 3.26. The standard InChI is InChI=1S/C23H17N5O4/c1-32-15-7-6-14-11-28(20(29)17(14)10-15)12-23(21(30)26-22(31)27-23)9-8-19-16-4-2-3-5-18(16)24-13-25-19/h2-7,10-11,13,29H,12H2,1H3,(H2,26,27,30,31)/t23-/m1/s1. The van der Waals surface area contributed by atoms with Crippen LogP contribution >= 0.6 is 0 Å². The van der Waals surface area contributed by atoms with Gasteiger partial charge in [0.2, 0.25) is 5.54 Å². The minimum atomic E-state index is -1.60. The van der Waals surface area contributed by atoms with Crippen molar-refractivity contribution in [3.63, 3.8) is 0 Å². The van der Waals surface area contributed by atoms with Crippen LogP contribution in [0.5, 0.6) is 11.6 Å². The van der Waals surface area contributed by atoms with Crippen LogP contribution in [-0.4, -0.2) is 44.2 Å². The first-order valence-electron chi connectivity index (χ1n) is 9.71. The number of benzene rings is 2. The Balaban J connectivity index is 1.60. The second-order valence-corrected chi connectivity index (χ2v) is 7.34. The van der Waals surface area contributed by atoms with E-state index in [9.17, 15) is 14.7 Å². The first kappa shape index (κ1) is 19.4. The van der Waals surface area contributed by atoms with Gasteiger partial charge in [0.25, 0.3) is 5.91 Å². The van der Waals surface area contributed by atoms with E-state index in [4.69, 9.17) is 4.74 Å². The van der Waals surface area contributed by atoms with Crippen LogP contribution in [0.4, 0.5) is 4.79 Å². The van der Waals surface area contributed by atoms with Crippen LogP contribution in [0.3, 0.4) is 0 Å². The number of nitrogens with one attached hydrogen (secondary N) is 2. The minimum absolute atomic E-state index is 0.0680. The van der Waals surface area contributed by atoms with Crippen LogP contribution in [0, 0.1) is 11.8 Å². The fourth-order valence-corrected chi connectivity index (χ4v) is 3.73. The van der Waals surface area contributed by atoms with Crippen LogP contribution in [0.25, 0.3) is 21.7 Å². The highest BCUT2D eigenvalue weighted by atomic mass is 16.5. The van der Waals surface area contributed by atoms with E-state index in [1.165, 1.54) is 18.0 Å². The topological polar surface area (TPSA) is 118 Å². The minimum Gasteiger partial charge on any atom is -0.497 e. The van der Waals surface area contributed by atoms with Gasteiger partial charge in [0, 0.05) is 22.4 Å². The van der Waals surface area contributed by atoms with Gasteiger partial charge in [-0.25, -0.2) is 14.8 Å². The summed E-state index contributed by atoms with van der Waals surface area (Å²) in [5.41, 5.74) is -0.459. The third-order valence-corrected chi connectivity index (χ3v) is 5.35. The molecule has 3 amide bonds. The molecule has 0 bridgehead atoms. The molecule has 32 heavy (non-hydrogen) atoms. The Morgan fingerprint density at radius 1 is 1.16 bits per heavy atom. The predicted molar refractivity (Wildman–Crippen MR) is 116 cm³/mol. The lowest BCUT2D eigenvalue weighted by atomic mass is 10.00. The van der Waals surface area contributed by atoms with Crippen LogP contribution < -0.4 is 15.4 Å². The number of fused-ring (bicyclic) bond motifs is 2. The van der Waals surface area contributed by atoms with E-state index < -0.39 is 17.5 Å². The third-order valence-electron chi connectivity index (χ3n) is 5.35. The lowest BCUT2D eigenvalue weighted by molar-refractivity contribution is -0.122. The Kier molecular flexibility index (Phi) is 4.41. The Hall–Kier alpha value is -4.58. The van der Waals surface area contributed by atoms with Gasteiger partial charge in [0.1, 0.15) is 17.8 Å². The first-order valence-corrected chi connectivity index (χ1v) is 9.71. The smallest absolute Gasteiger partial charge is 0.323 e. The van der Waals surface area contributed by atoms with Gasteiger partial charge in [0.05, 0.1) is 19.2 Å². The molecule has 4 aromatic rings. The van der Waals surface area contributed by atoms with Crippen LogP contribution in [0.2, 0.25) is 0 Å². The van der Waals surface area contributed by atoms with Gasteiger partial charge >= 0.3 is 6.03 Å². The van der Waals surface area contributed by atoms with Crippen molar-refractivity contribution in [2.45, 2.75) is 12.1 Å². The summed E-state index contributed by atoms with van der Waals surface area (Å²) < 4.78 is 6.69. The summed E-state index contributed by atoms with van der Waals surface area (Å²) in [5, 5.41) is 17.6. The number of carbonyl (C=O) groups excluding carboxylic acids is 2. The molecule has 1 saturated heterocycles. The number of aromatic nitrogens is 3. The van der Waals surface area contributed by atoms with E-state index >= 15 is 0 Å². The van der Waals surface area contributed by atoms with E-state index in [-0.39, 0.29) is 12.4 Å². The average molecular weight is 427 g/mol. The normalized spacial score (nSPS) is 17.7. The highest BCUT2D eigenvalue weighted by Crippen LogP contribution is 2.32. The molecule has 158 valence electrons. The molecule has 2 aromatic carbocycles. The number of rotatable bonds is 3. The number of aromatic hydroxyl groups is 1. The first-order chi connectivity index (χ1) is 15.5. The van der Waals surface area contributed by atoms with Gasteiger partial charge in [-0.3, -0.25) is 10.1 Å². The summed E-state index contributed by atoms with van der Waals surface area (Å²) in [4.78, 5) is 33.2. The monoisotopic (exact) mass is 427 g/mol. The maximum atomic E-state index is 12.8. The number of ether oxygens (including phenoxy) is 1. The molecule has 0 unspecified atom stereocenters. The number of hydrogen-bond donors (Lipinski definition) is 3. The van der Waals surface area contributed by atoms with E-state index in [0.29, 0.717) is 22.3 Å². The fourth-order valence-electron chi connectivity index (χ4n) is 3.73. The second-order valence-electron chi connectivity index (χ2n) is 7.34. The summed E-state index contributed by atoms with van der Waals surface area (Å²) >= 11 is 0. The molecule has 3 heterocycles. The molecule has 5 rings (SSSR count). The van der Waals surface area contributed by atoms with Gasteiger partial charge in [-0.1, -0.05) is 18.1 Å². The van der Waals surface area contributed by atoms with Crippen LogP contribution in [0.1, 0.15) is 5.69 Å². The molecule has 0 aliphatic carbocycles. The lowest BCUT2D eigenvalue weighted by Crippen LogP contribution is -2.49. The van der Waals surface area contributed by atoms with Crippen molar-refractivity contribution in [3.05, 3.63) is 60.7 Å². The van der Waals surface area contributed by atoms with Crippen LogP contribution in [0.15, 0.2) is 55.0 Å². The highest BCUT2D eigenvalue weighted by molar-refractivity contribution is 6.09. The Bertz CT molecular complexity index is 1460. The number of para-hydroxylation sites is 1. The molecule has 9 heteroatoms. The van der Waals surface area contributed by atoms with Gasteiger partial charge in [-0.15, -0.1) is 0 Å². The zero-order chi connectivity index (χ0) is 22.3. The Morgan fingerprint density at radius 2 is 2.00 bits per heavy atom. The zero-order valence-electron chi connectivity index (χ0n) is 16.9. The highest BCUT2D eigenvalue weighted by Gasteiger charge is 2.46. The largest absolute Gasteiger partial charge is 0.497 e.